The van der Waals surface area contributed by atoms with Crippen molar-refractivity contribution in [2.45, 2.75) is 38.3 Å². The molecule has 1 amide bonds. The maximum atomic E-state index is 12.7. The average Bonchev–Trinajstić information content (AvgIpc) is 3.13. The second-order valence-corrected chi connectivity index (χ2v) is 7.72. The predicted molar refractivity (Wildman–Crippen MR) is 112 cm³/mol. The Morgan fingerprint density at radius 1 is 1.10 bits per heavy atom. The van der Waals surface area contributed by atoms with Gasteiger partial charge >= 0.3 is 12.3 Å². The Labute approximate surface area is 183 Å². The van der Waals surface area contributed by atoms with Crippen LogP contribution in [0.15, 0.2) is 54.6 Å². The minimum atomic E-state index is -4.41. The van der Waals surface area contributed by atoms with Crippen molar-refractivity contribution in [1.29, 1.82) is 0 Å². The second kappa shape index (κ2) is 10.00. The first kappa shape index (κ1) is 22.9. The second-order valence-electron chi connectivity index (χ2n) is 7.15. The number of nitrogens with zero attached hydrogens (tertiary/aromatic N) is 1. The van der Waals surface area contributed by atoms with E-state index in [1.165, 1.54) is 17.0 Å². The van der Waals surface area contributed by atoms with Gasteiger partial charge < -0.3 is 14.2 Å². The fourth-order valence-corrected chi connectivity index (χ4v) is 3.34. The monoisotopic (exact) mass is 453 g/mol. The van der Waals surface area contributed by atoms with E-state index < -0.39 is 23.9 Å². The Hall–Kier alpha value is -2.81. The van der Waals surface area contributed by atoms with Crippen LogP contribution in [0.3, 0.4) is 0 Å². The molecule has 2 atom stereocenters. The molecule has 1 fully saturated rings. The van der Waals surface area contributed by atoms with Crippen molar-refractivity contribution in [2.24, 2.45) is 0 Å². The number of hydrogen-bond acceptors (Lipinski definition) is 5. The van der Waals surface area contributed by atoms with Gasteiger partial charge in [0.05, 0.1) is 18.2 Å². The molecule has 31 heavy (non-hydrogen) atoms. The lowest BCUT2D eigenvalue weighted by Crippen LogP contribution is -2.39. The lowest BCUT2D eigenvalue weighted by molar-refractivity contribution is -0.137. The third-order valence-corrected chi connectivity index (χ3v) is 4.90. The van der Waals surface area contributed by atoms with Crippen molar-refractivity contribution in [3.63, 3.8) is 0 Å². The van der Waals surface area contributed by atoms with Gasteiger partial charge in [-0.25, -0.2) is 4.79 Å². The summed E-state index contributed by atoms with van der Waals surface area (Å²) in [6.45, 7) is 2.17. The fraction of sp³-hybridized carbons (Fsp3) is 0.364. The number of amides is 1. The predicted octanol–water partition coefficient (Wildman–Crippen LogP) is 5.23. The molecule has 1 heterocycles. The smallest absolute Gasteiger partial charge is 0.416 e. The largest absolute Gasteiger partial charge is 0.489 e. The quantitative estimate of drug-likeness (QED) is 0.561. The van der Waals surface area contributed by atoms with Crippen LogP contribution in [-0.4, -0.2) is 41.3 Å². The number of benzene rings is 2. The van der Waals surface area contributed by atoms with Crippen LogP contribution in [0.25, 0.3) is 0 Å². The number of hydrogen-bond donors (Lipinski definition) is 0. The topological polar surface area (TPSA) is 48.0 Å². The van der Waals surface area contributed by atoms with Gasteiger partial charge in [0.15, 0.2) is 5.05 Å². The van der Waals surface area contributed by atoms with Crippen molar-refractivity contribution in [2.75, 3.05) is 13.2 Å². The van der Waals surface area contributed by atoms with E-state index in [0.29, 0.717) is 17.2 Å². The summed E-state index contributed by atoms with van der Waals surface area (Å²) in [5.74, 6) is 0.295. The van der Waals surface area contributed by atoms with Crippen LogP contribution in [0.2, 0.25) is 0 Å². The minimum absolute atomic E-state index is 0.125. The number of rotatable bonds is 6. The summed E-state index contributed by atoms with van der Waals surface area (Å²) in [7, 11) is 0. The SMILES string of the molecule is CC(=S)OC[C@@H]1C[C@@H](Oc2ccc(C(F)(F)F)cc2)CN1C(=O)OCc1ccccc1. The van der Waals surface area contributed by atoms with E-state index in [1.807, 2.05) is 30.3 Å². The molecule has 0 bridgehead atoms. The van der Waals surface area contributed by atoms with E-state index in [0.717, 1.165) is 17.7 Å². The highest BCUT2D eigenvalue weighted by molar-refractivity contribution is 7.80. The van der Waals surface area contributed by atoms with E-state index in [9.17, 15) is 18.0 Å². The van der Waals surface area contributed by atoms with Crippen LogP contribution in [0, 0.1) is 0 Å². The first-order valence-electron chi connectivity index (χ1n) is 9.67. The molecule has 1 saturated heterocycles. The van der Waals surface area contributed by atoms with Crippen molar-refractivity contribution in [3.05, 3.63) is 65.7 Å². The highest BCUT2D eigenvalue weighted by atomic mass is 32.1. The maximum absolute atomic E-state index is 12.7. The van der Waals surface area contributed by atoms with Gasteiger partial charge in [0.25, 0.3) is 0 Å². The molecule has 166 valence electrons. The van der Waals surface area contributed by atoms with Gasteiger partial charge in [-0.05, 0) is 42.0 Å². The molecular formula is C22H22F3NO4S. The standard InChI is InChI=1S/C22H22F3NO4S/c1-15(31)28-14-18-11-20(30-19-9-7-17(8-10-19)22(23,24)25)12-26(18)21(27)29-13-16-5-3-2-4-6-16/h2-10,18,20H,11-14H2,1H3/t18-,20+/m0/s1. The van der Waals surface area contributed by atoms with Crippen LogP contribution in [0.1, 0.15) is 24.5 Å². The van der Waals surface area contributed by atoms with Crippen LogP contribution in [0.4, 0.5) is 18.0 Å². The molecule has 0 radical (unpaired) electrons. The Bertz CT molecular complexity index is 890. The fourth-order valence-electron chi connectivity index (χ4n) is 3.27. The molecule has 0 saturated carbocycles. The molecule has 1 aliphatic heterocycles. The van der Waals surface area contributed by atoms with Crippen LogP contribution >= 0.6 is 12.2 Å². The Morgan fingerprint density at radius 3 is 2.39 bits per heavy atom. The van der Waals surface area contributed by atoms with E-state index in [4.69, 9.17) is 26.4 Å². The molecule has 0 N–H and O–H groups in total. The number of likely N-dealkylation sites (tertiary alicyclic amines) is 1. The van der Waals surface area contributed by atoms with Gasteiger partial charge in [0.1, 0.15) is 25.1 Å². The number of carbonyl (C=O) groups is 1. The lowest BCUT2D eigenvalue weighted by Gasteiger charge is -2.23. The lowest BCUT2D eigenvalue weighted by atomic mass is 10.2. The highest BCUT2D eigenvalue weighted by Gasteiger charge is 2.38. The summed E-state index contributed by atoms with van der Waals surface area (Å²) in [5, 5.41) is 0.352. The third kappa shape index (κ3) is 6.58. The van der Waals surface area contributed by atoms with Crippen LogP contribution < -0.4 is 4.74 Å². The molecule has 2 aromatic rings. The summed E-state index contributed by atoms with van der Waals surface area (Å²) in [5.41, 5.74) is 0.107. The van der Waals surface area contributed by atoms with Gasteiger partial charge in [-0.15, -0.1) is 0 Å². The zero-order valence-electron chi connectivity index (χ0n) is 16.8. The van der Waals surface area contributed by atoms with E-state index in [-0.39, 0.29) is 25.8 Å². The van der Waals surface area contributed by atoms with Gasteiger partial charge in [-0.2, -0.15) is 13.2 Å². The zero-order chi connectivity index (χ0) is 22.4. The summed E-state index contributed by atoms with van der Waals surface area (Å²) >= 11 is 4.95. The first-order valence-corrected chi connectivity index (χ1v) is 10.1. The normalized spacial score (nSPS) is 18.5. The van der Waals surface area contributed by atoms with Gasteiger partial charge in [-0.1, -0.05) is 30.3 Å². The molecule has 0 unspecified atom stereocenters. The molecule has 1 aliphatic rings. The summed E-state index contributed by atoms with van der Waals surface area (Å²) in [6, 6.07) is 13.4. The van der Waals surface area contributed by atoms with E-state index >= 15 is 0 Å². The van der Waals surface area contributed by atoms with Crippen LogP contribution in [0.5, 0.6) is 5.75 Å². The van der Waals surface area contributed by atoms with Crippen molar-refractivity contribution in [3.8, 4) is 5.75 Å². The Balaban J connectivity index is 1.63. The van der Waals surface area contributed by atoms with Gasteiger partial charge in [0.2, 0.25) is 0 Å². The summed E-state index contributed by atoms with van der Waals surface area (Å²) in [6.07, 6.45) is -4.91. The van der Waals surface area contributed by atoms with Gasteiger partial charge in [0, 0.05) is 13.3 Å². The number of alkyl halides is 3. The molecule has 3 rings (SSSR count). The minimum Gasteiger partial charge on any atom is -0.489 e. The first-order chi connectivity index (χ1) is 14.7. The van der Waals surface area contributed by atoms with Crippen molar-refractivity contribution >= 4 is 23.4 Å². The maximum Gasteiger partial charge on any atom is 0.416 e. The average molecular weight is 453 g/mol. The summed E-state index contributed by atoms with van der Waals surface area (Å²) in [4.78, 5) is 14.2. The van der Waals surface area contributed by atoms with E-state index in [2.05, 4.69) is 0 Å². The van der Waals surface area contributed by atoms with Crippen LogP contribution in [-0.2, 0) is 22.3 Å². The van der Waals surface area contributed by atoms with E-state index in [1.54, 1.807) is 6.92 Å². The molecule has 2 aromatic carbocycles. The third-order valence-electron chi connectivity index (χ3n) is 4.78. The Morgan fingerprint density at radius 2 is 1.77 bits per heavy atom. The number of halogens is 3. The summed E-state index contributed by atoms with van der Waals surface area (Å²) < 4.78 is 54.9. The number of ether oxygens (including phenoxy) is 3. The number of carbonyl (C=O) groups excluding carboxylic acids is 1. The van der Waals surface area contributed by atoms with Crippen molar-refractivity contribution < 1.29 is 32.2 Å². The highest BCUT2D eigenvalue weighted by Crippen LogP contribution is 2.31. The molecule has 0 spiro atoms. The molecule has 0 aliphatic carbocycles. The molecule has 0 aromatic heterocycles. The van der Waals surface area contributed by atoms with Gasteiger partial charge in [-0.3, -0.25) is 4.90 Å². The molecule has 5 nitrogen and oxygen atoms in total. The zero-order valence-corrected chi connectivity index (χ0v) is 17.6. The Kier molecular flexibility index (Phi) is 7.37. The van der Waals surface area contributed by atoms with Crippen molar-refractivity contribution in [1.82, 2.24) is 4.90 Å². The molecular weight excluding hydrogens is 431 g/mol. The number of thiocarbonyl (C=S) groups is 1. The molecule has 9 heteroatoms.